The highest BCUT2D eigenvalue weighted by molar-refractivity contribution is 6.31. The molecule has 0 aromatic heterocycles. The fraction of sp³-hybridized carbons (Fsp3) is 0.323. The number of hydrogen-bond acceptors (Lipinski definition) is 5. The SMILES string of the molecule is COC(=O)c1ccc(NC(=O)[C@@H]2N[C@@H](CC(C)(C)C)C3(C(=O)Nc4cc(Cl)ccc43)[C@H]2c2cccc(Cl)c2F)cc1. The van der Waals surface area contributed by atoms with Crippen molar-refractivity contribution >= 4 is 52.4 Å². The van der Waals surface area contributed by atoms with E-state index >= 15 is 4.39 Å². The van der Waals surface area contributed by atoms with E-state index in [1.807, 2.05) is 20.8 Å². The number of halogens is 3. The second-order valence-electron chi connectivity index (χ2n) is 11.7. The van der Waals surface area contributed by atoms with Gasteiger partial charge in [0.05, 0.1) is 23.7 Å². The van der Waals surface area contributed by atoms with Crippen molar-refractivity contribution in [3.8, 4) is 0 Å². The Morgan fingerprint density at radius 2 is 1.78 bits per heavy atom. The molecule has 2 aliphatic heterocycles. The highest BCUT2D eigenvalue weighted by Gasteiger charge is 2.66. The molecule has 2 heterocycles. The van der Waals surface area contributed by atoms with Crippen molar-refractivity contribution in [2.75, 3.05) is 17.7 Å². The molecular formula is C31H30Cl2FN3O4. The fourth-order valence-electron chi connectivity index (χ4n) is 6.18. The minimum Gasteiger partial charge on any atom is -0.465 e. The molecule has 2 amide bonds. The van der Waals surface area contributed by atoms with Gasteiger partial charge in [0.15, 0.2) is 0 Å². The number of benzene rings is 3. The van der Waals surface area contributed by atoms with Crippen LogP contribution in [0.2, 0.25) is 10.0 Å². The van der Waals surface area contributed by atoms with Gasteiger partial charge in [-0.2, -0.15) is 0 Å². The van der Waals surface area contributed by atoms with E-state index in [-0.39, 0.29) is 21.9 Å². The Hall–Kier alpha value is -3.46. The standard InChI is InChI=1S/C31H30Cl2FN3O4/c1-30(2,3)15-23-31(20-13-10-17(32)14-22(20)36-29(31)40)24(19-6-5-7-21(33)25(19)34)26(37-23)27(38)35-18-11-8-16(9-12-18)28(39)41-4/h5-14,23-24,26,37H,15H2,1-4H3,(H,35,38)(H,36,40)/t23-,24-,26+,31?/m0/s1. The highest BCUT2D eigenvalue weighted by Crippen LogP contribution is 2.57. The van der Waals surface area contributed by atoms with Gasteiger partial charge in [0.2, 0.25) is 11.8 Å². The van der Waals surface area contributed by atoms with Crippen LogP contribution < -0.4 is 16.0 Å². The van der Waals surface area contributed by atoms with Crippen molar-refractivity contribution < 1.29 is 23.5 Å². The van der Waals surface area contributed by atoms with Gasteiger partial charge in [0.25, 0.3) is 0 Å². The van der Waals surface area contributed by atoms with Crippen LogP contribution in [0.3, 0.4) is 0 Å². The molecular weight excluding hydrogens is 568 g/mol. The number of carbonyl (C=O) groups is 3. The Bertz CT molecular complexity index is 1540. The van der Waals surface area contributed by atoms with Gasteiger partial charge in [0, 0.05) is 28.4 Å². The third-order valence-corrected chi connectivity index (χ3v) is 8.32. The zero-order valence-electron chi connectivity index (χ0n) is 23.0. The first-order valence-corrected chi connectivity index (χ1v) is 13.9. The van der Waals surface area contributed by atoms with Crippen molar-refractivity contribution in [2.24, 2.45) is 5.41 Å². The van der Waals surface area contributed by atoms with E-state index in [4.69, 9.17) is 27.9 Å². The number of anilines is 2. The Labute approximate surface area is 247 Å². The van der Waals surface area contributed by atoms with Gasteiger partial charge >= 0.3 is 5.97 Å². The minimum absolute atomic E-state index is 0.107. The van der Waals surface area contributed by atoms with Crippen molar-refractivity contribution in [3.05, 3.63) is 93.2 Å². The molecule has 1 saturated heterocycles. The second kappa shape index (κ2) is 10.7. The summed E-state index contributed by atoms with van der Waals surface area (Å²) in [6.07, 6.45) is 0.499. The molecule has 0 radical (unpaired) electrons. The molecule has 0 saturated carbocycles. The zero-order chi connectivity index (χ0) is 29.7. The number of ether oxygens (including phenoxy) is 1. The lowest BCUT2D eigenvalue weighted by atomic mass is 9.62. The lowest BCUT2D eigenvalue weighted by Crippen LogP contribution is -2.49. The smallest absolute Gasteiger partial charge is 0.337 e. The van der Waals surface area contributed by atoms with Gasteiger partial charge in [-0.05, 0) is 65.4 Å². The van der Waals surface area contributed by atoms with Crippen molar-refractivity contribution in [3.63, 3.8) is 0 Å². The molecule has 0 aliphatic carbocycles. The molecule has 3 aromatic carbocycles. The van der Waals surface area contributed by atoms with E-state index in [2.05, 4.69) is 16.0 Å². The molecule has 0 bridgehead atoms. The molecule has 1 unspecified atom stereocenters. The van der Waals surface area contributed by atoms with Crippen LogP contribution in [0.4, 0.5) is 15.8 Å². The summed E-state index contributed by atoms with van der Waals surface area (Å²) < 4.78 is 20.6. The first-order chi connectivity index (χ1) is 19.4. The maximum atomic E-state index is 15.9. The summed E-state index contributed by atoms with van der Waals surface area (Å²) in [7, 11) is 1.29. The number of amides is 2. The number of carbonyl (C=O) groups excluding carboxylic acids is 3. The van der Waals surface area contributed by atoms with Gasteiger partial charge < -0.3 is 20.7 Å². The lowest BCUT2D eigenvalue weighted by molar-refractivity contribution is -0.122. The molecule has 2 aliphatic rings. The lowest BCUT2D eigenvalue weighted by Gasteiger charge is -2.37. The maximum Gasteiger partial charge on any atom is 0.337 e. The molecule has 3 N–H and O–H groups in total. The van der Waals surface area contributed by atoms with Crippen molar-refractivity contribution in [1.29, 1.82) is 0 Å². The Kier molecular flexibility index (Phi) is 7.61. The number of fused-ring (bicyclic) bond motifs is 2. The number of methoxy groups -OCH3 is 1. The minimum atomic E-state index is -1.35. The average molecular weight is 599 g/mol. The summed E-state index contributed by atoms with van der Waals surface area (Å²) in [4.78, 5) is 40.0. The van der Waals surface area contributed by atoms with E-state index in [0.29, 0.717) is 33.9 Å². The van der Waals surface area contributed by atoms with Crippen LogP contribution in [0.1, 0.15) is 54.6 Å². The number of nitrogens with one attached hydrogen (secondary N) is 3. The van der Waals surface area contributed by atoms with E-state index in [1.165, 1.54) is 25.3 Å². The van der Waals surface area contributed by atoms with Crippen LogP contribution in [-0.4, -0.2) is 37.0 Å². The van der Waals surface area contributed by atoms with Gasteiger partial charge in [-0.3, -0.25) is 9.59 Å². The van der Waals surface area contributed by atoms with Crippen LogP contribution in [0, 0.1) is 11.2 Å². The number of hydrogen-bond donors (Lipinski definition) is 3. The van der Waals surface area contributed by atoms with E-state index in [0.717, 1.165) is 0 Å². The summed E-state index contributed by atoms with van der Waals surface area (Å²) in [5.41, 5.74) is 0.449. The predicted molar refractivity (Wildman–Crippen MR) is 157 cm³/mol. The molecule has 5 rings (SSSR count). The van der Waals surface area contributed by atoms with Gasteiger partial charge in [-0.1, -0.05) is 62.2 Å². The van der Waals surface area contributed by atoms with Crippen LogP contribution in [-0.2, 0) is 19.7 Å². The van der Waals surface area contributed by atoms with Gasteiger partial charge in [-0.15, -0.1) is 0 Å². The zero-order valence-corrected chi connectivity index (χ0v) is 24.5. The average Bonchev–Trinajstić information content (AvgIpc) is 3.39. The Morgan fingerprint density at radius 3 is 2.44 bits per heavy atom. The largest absolute Gasteiger partial charge is 0.465 e. The normalized spacial score (nSPS) is 23.3. The molecule has 10 heteroatoms. The predicted octanol–water partition coefficient (Wildman–Crippen LogP) is 6.31. The third kappa shape index (κ3) is 5.09. The van der Waals surface area contributed by atoms with Crippen molar-refractivity contribution in [1.82, 2.24) is 5.32 Å². The number of esters is 1. The maximum absolute atomic E-state index is 15.9. The van der Waals surface area contributed by atoms with E-state index in [9.17, 15) is 14.4 Å². The summed E-state index contributed by atoms with van der Waals surface area (Å²) >= 11 is 12.5. The number of rotatable bonds is 5. The van der Waals surface area contributed by atoms with Crippen LogP contribution in [0.25, 0.3) is 0 Å². The molecule has 41 heavy (non-hydrogen) atoms. The quantitative estimate of drug-likeness (QED) is 0.300. The van der Waals surface area contributed by atoms with E-state index < -0.39 is 41.1 Å². The van der Waals surface area contributed by atoms with Crippen LogP contribution >= 0.6 is 23.2 Å². The Morgan fingerprint density at radius 1 is 1.07 bits per heavy atom. The summed E-state index contributed by atoms with van der Waals surface area (Å²) in [6, 6.07) is 14.4. The summed E-state index contributed by atoms with van der Waals surface area (Å²) in [5.74, 6) is -2.97. The van der Waals surface area contributed by atoms with Gasteiger partial charge in [0.1, 0.15) is 11.2 Å². The first kappa shape index (κ1) is 29.0. The molecule has 214 valence electrons. The third-order valence-electron chi connectivity index (χ3n) is 7.79. The van der Waals surface area contributed by atoms with Crippen LogP contribution in [0.15, 0.2) is 60.7 Å². The first-order valence-electron chi connectivity index (χ1n) is 13.2. The summed E-state index contributed by atoms with van der Waals surface area (Å²) in [6.45, 7) is 6.13. The summed E-state index contributed by atoms with van der Waals surface area (Å²) in [5, 5.41) is 9.60. The monoisotopic (exact) mass is 597 g/mol. The molecule has 3 aromatic rings. The van der Waals surface area contributed by atoms with Crippen molar-refractivity contribution in [2.45, 2.75) is 50.6 Å². The fourth-order valence-corrected chi connectivity index (χ4v) is 6.53. The molecule has 1 fully saturated rings. The van der Waals surface area contributed by atoms with Crippen LogP contribution in [0.5, 0.6) is 0 Å². The molecule has 7 nitrogen and oxygen atoms in total. The van der Waals surface area contributed by atoms with E-state index in [1.54, 1.807) is 42.5 Å². The second-order valence-corrected chi connectivity index (χ2v) is 12.5. The highest BCUT2D eigenvalue weighted by atomic mass is 35.5. The topological polar surface area (TPSA) is 96.5 Å². The molecule has 1 spiro atoms. The van der Waals surface area contributed by atoms with Gasteiger partial charge in [-0.25, -0.2) is 9.18 Å². The molecule has 4 atom stereocenters. The Balaban J connectivity index is 1.66.